The predicted octanol–water partition coefficient (Wildman–Crippen LogP) is 3.24. The van der Waals surface area contributed by atoms with Crippen LogP contribution in [0.25, 0.3) is 10.8 Å². The molecule has 0 radical (unpaired) electrons. The molecule has 0 bridgehead atoms. The molecule has 1 heterocycles. The summed E-state index contributed by atoms with van der Waals surface area (Å²) in [5.41, 5.74) is 0. The summed E-state index contributed by atoms with van der Waals surface area (Å²) in [5, 5.41) is 2.14. The maximum absolute atomic E-state index is 12.7. The molecular formula is C19H23NO3. The molecule has 0 aromatic heterocycles. The number of nitrogens with zero attached hydrogens (tertiary/aromatic N) is 1. The van der Waals surface area contributed by atoms with Crippen LogP contribution in [-0.2, 0) is 9.53 Å². The van der Waals surface area contributed by atoms with Crippen LogP contribution in [0.1, 0.15) is 20.8 Å². The Kier molecular flexibility index (Phi) is 4.53. The standard InChI is InChI=1S/C19H23NO3/c1-13-11-20(12-14(2)22-13)19(21)15(3)23-18-10-6-8-16-7-4-5-9-17(16)18/h4-10,13-15H,11-12H2,1-3H3. The second kappa shape index (κ2) is 6.59. The summed E-state index contributed by atoms with van der Waals surface area (Å²) in [7, 11) is 0. The van der Waals surface area contributed by atoms with E-state index in [4.69, 9.17) is 9.47 Å². The van der Waals surface area contributed by atoms with Crippen molar-refractivity contribution in [2.75, 3.05) is 13.1 Å². The van der Waals surface area contributed by atoms with Gasteiger partial charge in [-0.1, -0.05) is 36.4 Å². The lowest BCUT2D eigenvalue weighted by molar-refractivity contribution is -0.149. The minimum atomic E-state index is -0.515. The maximum Gasteiger partial charge on any atom is 0.263 e. The number of ether oxygens (including phenoxy) is 2. The lowest BCUT2D eigenvalue weighted by Crippen LogP contribution is -2.51. The molecule has 1 fully saturated rings. The first-order valence-corrected chi connectivity index (χ1v) is 8.13. The minimum Gasteiger partial charge on any atom is -0.480 e. The van der Waals surface area contributed by atoms with Gasteiger partial charge in [-0.15, -0.1) is 0 Å². The Labute approximate surface area is 137 Å². The number of hydrogen-bond acceptors (Lipinski definition) is 3. The maximum atomic E-state index is 12.7. The summed E-state index contributed by atoms with van der Waals surface area (Å²) in [5.74, 6) is 0.762. The topological polar surface area (TPSA) is 38.8 Å². The Morgan fingerprint density at radius 2 is 1.78 bits per heavy atom. The fraction of sp³-hybridized carbons (Fsp3) is 0.421. The van der Waals surface area contributed by atoms with Crippen LogP contribution in [0.3, 0.4) is 0 Å². The van der Waals surface area contributed by atoms with E-state index in [-0.39, 0.29) is 18.1 Å². The molecule has 2 aromatic carbocycles. The average Bonchev–Trinajstić information content (AvgIpc) is 2.53. The summed E-state index contributed by atoms with van der Waals surface area (Å²) in [6.07, 6.45) is -0.391. The molecule has 4 heteroatoms. The van der Waals surface area contributed by atoms with E-state index >= 15 is 0 Å². The molecule has 4 nitrogen and oxygen atoms in total. The number of rotatable bonds is 3. The highest BCUT2D eigenvalue weighted by Gasteiger charge is 2.29. The van der Waals surface area contributed by atoms with E-state index in [9.17, 15) is 4.79 Å². The van der Waals surface area contributed by atoms with Crippen molar-refractivity contribution in [2.24, 2.45) is 0 Å². The molecule has 3 atom stereocenters. The molecule has 3 rings (SSSR count). The van der Waals surface area contributed by atoms with Gasteiger partial charge in [-0.3, -0.25) is 4.79 Å². The van der Waals surface area contributed by atoms with Crippen LogP contribution in [0.5, 0.6) is 5.75 Å². The number of carbonyl (C=O) groups is 1. The molecule has 1 aliphatic rings. The van der Waals surface area contributed by atoms with Gasteiger partial charge in [0, 0.05) is 18.5 Å². The van der Waals surface area contributed by atoms with Crippen molar-refractivity contribution in [1.29, 1.82) is 0 Å². The van der Waals surface area contributed by atoms with E-state index in [1.807, 2.05) is 68.1 Å². The molecule has 0 spiro atoms. The normalized spacial score (nSPS) is 22.8. The largest absolute Gasteiger partial charge is 0.480 e. The van der Waals surface area contributed by atoms with Gasteiger partial charge in [0.1, 0.15) is 5.75 Å². The van der Waals surface area contributed by atoms with Crippen LogP contribution >= 0.6 is 0 Å². The Bertz CT molecular complexity index is 685. The summed E-state index contributed by atoms with van der Waals surface area (Å²) in [6, 6.07) is 13.9. The summed E-state index contributed by atoms with van der Waals surface area (Å²) in [6.45, 7) is 7.03. The SMILES string of the molecule is CC1CN(C(=O)C(C)Oc2cccc3ccccc23)CC(C)O1. The van der Waals surface area contributed by atoms with E-state index in [1.165, 1.54) is 0 Å². The van der Waals surface area contributed by atoms with Gasteiger partial charge in [-0.05, 0) is 32.2 Å². The van der Waals surface area contributed by atoms with Gasteiger partial charge in [0.25, 0.3) is 5.91 Å². The van der Waals surface area contributed by atoms with Crippen LogP contribution < -0.4 is 4.74 Å². The summed E-state index contributed by atoms with van der Waals surface area (Å²) < 4.78 is 11.7. The molecule has 0 saturated carbocycles. The van der Waals surface area contributed by atoms with Crippen molar-refractivity contribution in [3.05, 3.63) is 42.5 Å². The molecule has 23 heavy (non-hydrogen) atoms. The number of amides is 1. The first-order valence-electron chi connectivity index (χ1n) is 8.13. The van der Waals surface area contributed by atoms with Gasteiger partial charge in [0.15, 0.2) is 6.10 Å². The molecule has 122 valence electrons. The van der Waals surface area contributed by atoms with Crippen LogP contribution in [0.15, 0.2) is 42.5 Å². The van der Waals surface area contributed by atoms with Gasteiger partial charge in [-0.25, -0.2) is 0 Å². The van der Waals surface area contributed by atoms with Crippen molar-refractivity contribution < 1.29 is 14.3 Å². The summed E-state index contributed by atoms with van der Waals surface area (Å²) >= 11 is 0. The van der Waals surface area contributed by atoms with Gasteiger partial charge >= 0.3 is 0 Å². The van der Waals surface area contributed by atoms with Crippen molar-refractivity contribution >= 4 is 16.7 Å². The third kappa shape index (κ3) is 3.48. The monoisotopic (exact) mass is 313 g/mol. The van der Waals surface area contributed by atoms with Crippen molar-refractivity contribution in [3.63, 3.8) is 0 Å². The zero-order chi connectivity index (χ0) is 16.4. The highest BCUT2D eigenvalue weighted by Crippen LogP contribution is 2.26. The number of fused-ring (bicyclic) bond motifs is 1. The zero-order valence-electron chi connectivity index (χ0n) is 13.9. The number of morpholine rings is 1. The second-order valence-corrected chi connectivity index (χ2v) is 6.24. The summed E-state index contributed by atoms with van der Waals surface area (Å²) in [4.78, 5) is 14.5. The molecule has 0 aliphatic carbocycles. The van der Waals surface area contributed by atoms with E-state index in [0.717, 1.165) is 16.5 Å². The van der Waals surface area contributed by atoms with Crippen LogP contribution in [0.4, 0.5) is 0 Å². The quantitative estimate of drug-likeness (QED) is 0.873. The minimum absolute atomic E-state index is 0.0138. The van der Waals surface area contributed by atoms with Gasteiger partial charge in [0.2, 0.25) is 0 Å². The number of hydrogen-bond donors (Lipinski definition) is 0. The molecule has 1 saturated heterocycles. The third-order valence-corrected chi connectivity index (χ3v) is 4.13. The molecular weight excluding hydrogens is 290 g/mol. The Hall–Kier alpha value is -2.07. The van der Waals surface area contributed by atoms with Crippen LogP contribution in [0.2, 0.25) is 0 Å². The molecule has 1 amide bonds. The molecule has 1 aliphatic heterocycles. The lowest BCUT2D eigenvalue weighted by atomic mass is 10.1. The highest BCUT2D eigenvalue weighted by molar-refractivity contribution is 5.89. The Morgan fingerprint density at radius 3 is 2.52 bits per heavy atom. The van der Waals surface area contributed by atoms with E-state index in [2.05, 4.69) is 0 Å². The highest BCUT2D eigenvalue weighted by atomic mass is 16.5. The van der Waals surface area contributed by atoms with Crippen LogP contribution in [-0.4, -0.2) is 42.2 Å². The van der Waals surface area contributed by atoms with Gasteiger partial charge in [-0.2, -0.15) is 0 Å². The number of carbonyl (C=O) groups excluding carboxylic acids is 1. The molecule has 0 N–H and O–H groups in total. The average molecular weight is 313 g/mol. The smallest absolute Gasteiger partial charge is 0.263 e. The Balaban J connectivity index is 1.75. The van der Waals surface area contributed by atoms with Crippen molar-refractivity contribution in [3.8, 4) is 5.75 Å². The molecule has 2 aromatic rings. The third-order valence-electron chi connectivity index (χ3n) is 4.13. The predicted molar refractivity (Wildman–Crippen MR) is 90.6 cm³/mol. The fourth-order valence-electron chi connectivity index (χ4n) is 3.15. The second-order valence-electron chi connectivity index (χ2n) is 6.24. The van der Waals surface area contributed by atoms with Crippen LogP contribution in [0, 0.1) is 0 Å². The van der Waals surface area contributed by atoms with E-state index < -0.39 is 6.10 Å². The fourth-order valence-corrected chi connectivity index (χ4v) is 3.15. The first kappa shape index (κ1) is 15.8. The van der Waals surface area contributed by atoms with E-state index in [1.54, 1.807) is 0 Å². The van der Waals surface area contributed by atoms with E-state index in [0.29, 0.717) is 13.1 Å². The molecule has 3 unspecified atom stereocenters. The zero-order valence-corrected chi connectivity index (χ0v) is 13.9. The van der Waals surface area contributed by atoms with Crippen molar-refractivity contribution in [1.82, 2.24) is 4.90 Å². The number of benzene rings is 2. The lowest BCUT2D eigenvalue weighted by Gasteiger charge is -2.36. The van der Waals surface area contributed by atoms with Gasteiger partial charge in [0.05, 0.1) is 12.2 Å². The van der Waals surface area contributed by atoms with Gasteiger partial charge < -0.3 is 14.4 Å². The Morgan fingerprint density at radius 1 is 1.13 bits per heavy atom. The van der Waals surface area contributed by atoms with Crippen molar-refractivity contribution in [2.45, 2.75) is 39.1 Å². The first-order chi connectivity index (χ1) is 11.0.